The van der Waals surface area contributed by atoms with Crippen LogP contribution < -0.4 is 11.1 Å². The van der Waals surface area contributed by atoms with Gasteiger partial charge in [0.25, 0.3) is 0 Å². The normalized spacial score (nSPS) is 21.3. The fourth-order valence-corrected chi connectivity index (χ4v) is 7.12. The lowest BCUT2D eigenvalue weighted by Gasteiger charge is -2.47. The molecule has 296 valence electrons. The maximum Gasteiger partial charge on any atom is 0.237 e. The summed E-state index contributed by atoms with van der Waals surface area (Å²) in [6.45, 7) is 5.96. The van der Waals surface area contributed by atoms with Crippen LogP contribution in [-0.2, 0) is 14.3 Å². The summed E-state index contributed by atoms with van der Waals surface area (Å²) in [4.78, 5) is 28.0. The van der Waals surface area contributed by atoms with Crippen molar-refractivity contribution in [2.45, 2.75) is 237 Å². The molecule has 6 atom stereocenters. The van der Waals surface area contributed by atoms with E-state index < -0.39 is 49.1 Å². The number of nitrogens with one attached hydrogen (secondary N) is 1. The lowest BCUT2D eigenvalue weighted by Crippen LogP contribution is -2.69. The zero-order valence-corrected chi connectivity index (χ0v) is 32.8. The quantitative estimate of drug-likeness (QED) is 0.0433. The molecule has 0 unspecified atom stereocenters. The second-order valence-corrected chi connectivity index (χ2v) is 15.2. The predicted octanol–water partition coefficient (Wildman–Crippen LogP) is 8.05. The summed E-state index contributed by atoms with van der Waals surface area (Å²) in [6, 6.07) is -1.90. The molecule has 1 aliphatic heterocycles. The van der Waals surface area contributed by atoms with Gasteiger partial charge < -0.3 is 36.0 Å². The van der Waals surface area contributed by atoms with Crippen molar-refractivity contribution in [3.63, 3.8) is 0 Å². The smallest absolute Gasteiger partial charge is 0.237 e. The molecule has 0 aromatic carbocycles. The van der Waals surface area contributed by atoms with Gasteiger partial charge in [0.2, 0.25) is 11.8 Å². The van der Waals surface area contributed by atoms with Crippen molar-refractivity contribution < 1.29 is 29.6 Å². The fraction of sp³-hybridized carbons (Fsp3) is 0.951. The molecule has 6 N–H and O–H groups in total. The van der Waals surface area contributed by atoms with Gasteiger partial charge in [0, 0.05) is 13.0 Å². The molecule has 0 aromatic heterocycles. The number of rotatable bonds is 33. The number of aliphatic hydroxyl groups excluding tert-OH is 3. The van der Waals surface area contributed by atoms with Gasteiger partial charge in [-0.15, -0.1) is 0 Å². The molecule has 1 saturated heterocycles. The molecule has 9 heteroatoms. The van der Waals surface area contributed by atoms with Gasteiger partial charge in [-0.25, -0.2) is 0 Å². The number of hydrogen-bond acceptors (Lipinski definition) is 7. The maximum atomic E-state index is 13.7. The number of hydrogen-bond donors (Lipinski definition) is 5. The Kier molecular flexibility index (Phi) is 29.3. The molecular weight excluding hydrogens is 630 g/mol. The minimum Gasteiger partial charge on any atom is -0.394 e. The van der Waals surface area contributed by atoms with Crippen molar-refractivity contribution in [3.8, 4) is 0 Å². The van der Waals surface area contributed by atoms with E-state index in [1.807, 2.05) is 0 Å². The highest BCUT2D eigenvalue weighted by Crippen LogP contribution is 2.26. The minimum atomic E-state index is -1.42. The van der Waals surface area contributed by atoms with Crippen molar-refractivity contribution in [3.05, 3.63) is 0 Å². The van der Waals surface area contributed by atoms with E-state index in [0.717, 1.165) is 38.5 Å². The number of nitrogens with zero attached hydrogens (tertiary/aromatic N) is 1. The van der Waals surface area contributed by atoms with E-state index in [0.29, 0.717) is 13.0 Å². The lowest BCUT2D eigenvalue weighted by molar-refractivity contribution is -0.231. The Morgan fingerprint density at radius 2 is 1.02 bits per heavy atom. The Hall–Kier alpha value is -1.26. The molecule has 1 rings (SSSR count). The number of ether oxygens (including phenoxy) is 1. The minimum absolute atomic E-state index is 0.0905. The zero-order valence-electron chi connectivity index (χ0n) is 32.8. The van der Waals surface area contributed by atoms with Crippen LogP contribution in [0.1, 0.15) is 201 Å². The second-order valence-electron chi connectivity index (χ2n) is 15.2. The average Bonchev–Trinajstić information content (AvgIpc) is 3.10. The molecule has 0 spiro atoms. The third-order valence-electron chi connectivity index (χ3n) is 10.5. The molecule has 1 aliphatic rings. The Morgan fingerprint density at radius 1 is 0.640 bits per heavy atom. The number of nitrogens with two attached hydrogens (primary N) is 1. The van der Waals surface area contributed by atoms with Crippen molar-refractivity contribution in [2.24, 2.45) is 5.73 Å². The fourth-order valence-electron chi connectivity index (χ4n) is 7.12. The van der Waals surface area contributed by atoms with Crippen LogP contribution in [0.15, 0.2) is 0 Å². The van der Waals surface area contributed by atoms with E-state index in [1.54, 1.807) is 11.8 Å². The van der Waals surface area contributed by atoms with Crippen LogP contribution in [0.25, 0.3) is 0 Å². The van der Waals surface area contributed by atoms with Crippen LogP contribution in [-0.4, -0.2) is 81.8 Å². The Bertz CT molecular complexity index is 815. The largest absolute Gasteiger partial charge is 0.394 e. The van der Waals surface area contributed by atoms with Gasteiger partial charge in [-0.05, 0) is 19.8 Å². The second kappa shape index (κ2) is 31.3. The van der Waals surface area contributed by atoms with Crippen LogP contribution in [0.2, 0.25) is 0 Å². The summed E-state index contributed by atoms with van der Waals surface area (Å²) in [5, 5.41) is 34.3. The summed E-state index contributed by atoms with van der Waals surface area (Å²) >= 11 is 0. The maximum absolute atomic E-state index is 13.7. The number of carbonyl (C=O) groups is 2. The standard InChI is InChI=1S/C41H81N3O6/c1-4-6-8-10-12-14-16-17-18-19-20-22-24-26-28-30-32-44(36(46)31-29-27-25-23-21-15-13-11-9-7-5-2)41-37(43-40(49)34(3)42)39(48)38(47)35(33-45)50-41/h34-35,37-39,41,45,47-48H,4-33,42H2,1-3H3,(H,43,49)/t34-,35+,37+,38-,39+,41+/m0/s1. The summed E-state index contributed by atoms with van der Waals surface area (Å²) in [5.74, 6) is -0.593. The first-order valence-electron chi connectivity index (χ1n) is 21.3. The first-order chi connectivity index (χ1) is 24.3. The molecule has 50 heavy (non-hydrogen) atoms. The third kappa shape index (κ3) is 21.3. The van der Waals surface area contributed by atoms with Gasteiger partial charge in [0.1, 0.15) is 24.4 Å². The first kappa shape index (κ1) is 46.8. The van der Waals surface area contributed by atoms with E-state index in [1.165, 1.54) is 135 Å². The van der Waals surface area contributed by atoms with Crippen molar-refractivity contribution >= 4 is 11.8 Å². The van der Waals surface area contributed by atoms with Gasteiger partial charge in [-0.2, -0.15) is 0 Å². The van der Waals surface area contributed by atoms with Crippen LogP contribution in [0, 0.1) is 0 Å². The highest BCUT2D eigenvalue weighted by atomic mass is 16.5. The molecule has 1 fully saturated rings. The predicted molar refractivity (Wildman–Crippen MR) is 206 cm³/mol. The summed E-state index contributed by atoms with van der Waals surface area (Å²) in [5.41, 5.74) is 5.80. The molecule has 2 amide bonds. The van der Waals surface area contributed by atoms with Crippen LogP contribution in [0.4, 0.5) is 0 Å². The van der Waals surface area contributed by atoms with Gasteiger partial charge in [-0.1, -0.05) is 174 Å². The Labute approximate surface area is 307 Å². The number of amides is 2. The van der Waals surface area contributed by atoms with E-state index in [-0.39, 0.29) is 5.91 Å². The van der Waals surface area contributed by atoms with E-state index in [2.05, 4.69) is 19.2 Å². The van der Waals surface area contributed by atoms with Crippen molar-refractivity contribution in [1.82, 2.24) is 10.2 Å². The van der Waals surface area contributed by atoms with Crippen LogP contribution in [0.5, 0.6) is 0 Å². The first-order valence-corrected chi connectivity index (χ1v) is 21.3. The molecule has 1 heterocycles. The zero-order chi connectivity index (χ0) is 36.8. The van der Waals surface area contributed by atoms with Crippen molar-refractivity contribution in [1.29, 1.82) is 0 Å². The molecule has 9 nitrogen and oxygen atoms in total. The van der Waals surface area contributed by atoms with Crippen LogP contribution in [0.3, 0.4) is 0 Å². The summed E-state index contributed by atoms with van der Waals surface area (Å²) < 4.78 is 6.07. The summed E-state index contributed by atoms with van der Waals surface area (Å²) in [6.07, 6.45) is 28.7. The SMILES string of the molecule is CCCCCCCCCCCCCCCCCCN(C(=O)CCCCCCCCCCCCC)[C@@H]1O[C@H](CO)[C@H](O)[C@H](O)[C@H]1NC(=O)[C@H](C)N. The van der Waals surface area contributed by atoms with Gasteiger partial charge in [0.05, 0.1) is 12.6 Å². The molecule has 0 saturated carbocycles. The van der Waals surface area contributed by atoms with E-state index >= 15 is 0 Å². The third-order valence-corrected chi connectivity index (χ3v) is 10.5. The highest BCUT2D eigenvalue weighted by molar-refractivity contribution is 5.81. The van der Waals surface area contributed by atoms with Gasteiger partial charge in [0.15, 0.2) is 6.23 Å². The Morgan fingerprint density at radius 3 is 1.40 bits per heavy atom. The van der Waals surface area contributed by atoms with Gasteiger partial charge in [-0.3, -0.25) is 9.59 Å². The topological polar surface area (TPSA) is 145 Å². The highest BCUT2D eigenvalue weighted by Gasteiger charge is 2.48. The van der Waals surface area contributed by atoms with E-state index in [4.69, 9.17) is 10.5 Å². The molecule has 0 aliphatic carbocycles. The molecule has 0 bridgehead atoms. The van der Waals surface area contributed by atoms with Crippen molar-refractivity contribution in [2.75, 3.05) is 13.2 Å². The molecule has 0 aromatic rings. The van der Waals surface area contributed by atoms with Crippen LogP contribution >= 0.6 is 0 Å². The number of carbonyl (C=O) groups excluding carboxylic acids is 2. The summed E-state index contributed by atoms with van der Waals surface area (Å²) in [7, 11) is 0. The monoisotopic (exact) mass is 712 g/mol. The Balaban J connectivity index is 2.59. The van der Waals surface area contributed by atoms with E-state index in [9.17, 15) is 24.9 Å². The average molecular weight is 712 g/mol. The molecular formula is C41H81N3O6. The number of aliphatic hydroxyl groups is 3. The number of unbranched alkanes of at least 4 members (excludes halogenated alkanes) is 25. The lowest BCUT2D eigenvalue weighted by atomic mass is 9.94. The van der Waals surface area contributed by atoms with Gasteiger partial charge >= 0.3 is 0 Å². The molecule has 0 radical (unpaired) electrons.